The number of nitrogens with zero attached hydrogens (tertiary/aromatic N) is 4. The monoisotopic (exact) mass is 421 g/mol. The van der Waals surface area contributed by atoms with Crippen LogP contribution in [-0.2, 0) is 9.84 Å². The number of tetrazole rings is 1. The number of sulfone groups is 1. The molecule has 0 radical (unpaired) electrons. The second kappa shape index (κ2) is 6.73. The molecule has 3 aromatic rings. The average molecular weight is 422 g/mol. The molecule has 1 aromatic heterocycles. The number of benzene rings is 2. The fourth-order valence-corrected chi connectivity index (χ4v) is 3.14. The number of amides is 1. The Morgan fingerprint density at radius 1 is 1.16 bits per heavy atom. The molecule has 3 rings (SSSR count). The third kappa shape index (κ3) is 3.91. The maximum absolute atomic E-state index is 12.6. The van der Waals surface area contributed by atoms with Gasteiger partial charge in [0, 0.05) is 16.4 Å². The normalized spacial score (nSPS) is 11.3. The summed E-state index contributed by atoms with van der Waals surface area (Å²) in [5.41, 5.74) is 1.34. The highest BCUT2D eigenvalue weighted by Crippen LogP contribution is 2.21. The lowest BCUT2D eigenvalue weighted by molar-refractivity contribution is 0.102. The van der Waals surface area contributed by atoms with E-state index in [4.69, 9.17) is 0 Å². The van der Waals surface area contributed by atoms with Crippen molar-refractivity contribution >= 4 is 37.4 Å². The van der Waals surface area contributed by atoms with Gasteiger partial charge in [-0.2, -0.15) is 4.68 Å². The maximum Gasteiger partial charge on any atom is 0.257 e. The molecule has 0 atom stereocenters. The van der Waals surface area contributed by atoms with Gasteiger partial charge in [-0.1, -0.05) is 15.9 Å². The van der Waals surface area contributed by atoms with Crippen molar-refractivity contribution in [3.63, 3.8) is 0 Å². The molecule has 1 N–H and O–H groups in total. The van der Waals surface area contributed by atoms with Crippen LogP contribution in [0.25, 0.3) is 5.69 Å². The number of anilines is 1. The van der Waals surface area contributed by atoms with E-state index in [1.165, 1.54) is 35.3 Å². The summed E-state index contributed by atoms with van der Waals surface area (Å²) in [6, 6.07) is 11.1. The van der Waals surface area contributed by atoms with Crippen molar-refractivity contribution < 1.29 is 13.2 Å². The van der Waals surface area contributed by atoms with E-state index < -0.39 is 9.84 Å². The predicted octanol–water partition coefficient (Wildman–Crippen LogP) is 2.08. The van der Waals surface area contributed by atoms with Gasteiger partial charge in [-0.25, -0.2) is 8.42 Å². The van der Waals surface area contributed by atoms with Crippen LogP contribution in [0, 0.1) is 0 Å². The van der Waals surface area contributed by atoms with Gasteiger partial charge in [-0.15, -0.1) is 5.10 Å². The lowest BCUT2D eigenvalue weighted by atomic mass is 10.1. The Bertz CT molecular complexity index is 1020. The van der Waals surface area contributed by atoms with Crippen LogP contribution >= 0.6 is 15.9 Å². The molecule has 1 amide bonds. The minimum absolute atomic E-state index is 0.183. The van der Waals surface area contributed by atoms with Crippen LogP contribution in [0.5, 0.6) is 0 Å². The molecule has 0 saturated heterocycles. The highest BCUT2D eigenvalue weighted by atomic mass is 79.9. The summed E-state index contributed by atoms with van der Waals surface area (Å²) in [5, 5.41) is 13.7. The Hall–Kier alpha value is -2.59. The van der Waals surface area contributed by atoms with Crippen molar-refractivity contribution in [1.82, 2.24) is 20.2 Å². The average Bonchev–Trinajstić information content (AvgIpc) is 3.08. The van der Waals surface area contributed by atoms with Gasteiger partial charge in [0.1, 0.15) is 6.33 Å². The first-order valence-electron chi connectivity index (χ1n) is 6.99. The van der Waals surface area contributed by atoms with Crippen molar-refractivity contribution in [2.45, 2.75) is 4.90 Å². The van der Waals surface area contributed by atoms with Gasteiger partial charge in [0.2, 0.25) is 0 Å². The zero-order chi connectivity index (χ0) is 18.0. The Morgan fingerprint density at radius 3 is 2.48 bits per heavy atom. The maximum atomic E-state index is 12.6. The van der Waals surface area contributed by atoms with Gasteiger partial charge >= 0.3 is 0 Å². The summed E-state index contributed by atoms with van der Waals surface area (Å²) < 4.78 is 25.1. The molecule has 0 aliphatic heterocycles. The van der Waals surface area contributed by atoms with Crippen LogP contribution in [-0.4, -0.2) is 40.8 Å². The van der Waals surface area contributed by atoms with Gasteiger partial charge in [0.25, 0.3) is 5.91 Å². The third-order valence-electron chi connectivity index (χ3n) is 3.34. The van der Waals surface area contributed by atoms with Crippen molar-refractivity contribution in [1.29, 1.82) is 0 Å². The molecule has 1 heterocycles. The minimum Gasteiger partial charge on any atom is -0.322 e. The minimum atomic E-state index is -3.29. The molecule has 8 nitrogen and oxygen atoms in total. The summed E-state index contributed by atoms with van der Waals surface area (Å²) in [4.78, 5) is 12.8. The summed E-state index contributed by atoms with van der Waals surface area (Å²) in [6.07, 6.45) is 2.52. The second-order valence-electron chi connectivity index (χ2n) is 5.17. The van der Waals surface area contributed by atoms with Crippen LogP contribution in [0.15, 0.2) is 58.2 Å². The molecule has 0 saturated carbocycles. The highest BCUT2D eigenvalue weighted by Gasteiger charge is 2.15. The largest absolute Gasteiger partial charge is 0.322 e. The van der Waals surface area contributed by atoms with Crippen LogP contribution in [0.1, 0.15) is 10.4 Å². The van der Waals surface area contributed by atoms with Crippen molar-refractivity contribution in [3.05, 3.63) is 58.8 Å². The zero-order valence-corrected chi connectivity index (χ0v) is 15.3. The molecule has 0 fully saturated rings. The van der Waals surface area contributed by atoms with Crippen LogP contribution in [0.2, 0.25) is 0 Å². The van der Waals surface area contributed by atoms with E-state index in [1.807, 2.05) is 0 Å². The molecule has 0 aliphatic carbocycles. The van der Waals surface area contributed by atoms with E-state index in [9.17, 15) is 13.2 Å². The lowest BCUT2D eigenvalue weighted by Crippen LogP contribution is -2.15. The molecule has 0 spiro atoms. The summed E-state index contributed by atoms with van der Waals surface area (Å²) in [6.45, 7) is 0. The van der Waals surface area contributed by atoms with Crippen LogP contribution in [0.4, 0.5) is 5.69 Å². The van der Waals surface area contributed by atoms with Crippen molar-refractivity contribution in [3.8, 4) is 5.69 Å². The Labute approximate surface area is 151 Å². The highest BCUT2D eigenvalue weighted by molar-refractivity contribution is 9.10. The smallest absolute Gasteiger partial charge is 0.257 e. The molecule has 0 aliphatic rings. The number of hydrogen-bond donors (Lipinski definition) is 1. The van der Waals surface area contributed by atoms with E-state index in [0.29, 0.717) is 16.9 Å². The van der Waals surface area contributed by atoms with Gasteiger partial charge in [-0.05, 0) is 52.9 Å². The number of aromatic nitrogens is 4. The van der Waals surface area contributed by atoms with Crippen molar-refractivity contribution in [2.75, 3.05) is 11.6 Å². The Balaban J connectivity index is 1.90. The number of nitrogens with one attached hydrogen (secondary N) is 1. The topological polar surface area (TPSA) is 107 Å². The van der Waals surface area contributed by atoms with Crippen molar-refractivity contribution in [2.24, 2.45) is 0 Å². The first-order chi connectivity index (χ1) is 11.8. The fourth-order valence-electron chi connectivity index (χ4n) is 2.15. The number of rotatable bonds is 4. The molecule has 25 heavy (non-hydrogen) atoms. The van der Waals surface area contributed by atoms with E-state index in [-0.39, 0.29) is 10.8 Å². The summed E-state index contributed by atoms with van der Waals surface area (Å²) in [7, 11) is -3.29. The zero-order valence-electron chi connectivity index (χ0n) is 12.9. The summed E-state index contributed by atoms with van der Waals surface area (Å²) in [5.74, 6) is -0.376. The second-order valence-corrected chi connectivity index (χ2v) is 8.10. The standard InChI is InChI=1S/C15H12BrN5O3S/c1-25(23,24)12-5-3-11(4-6-12)18-15(22)13-8-10(16)2-7-14(13)21-9-17-19-20-21/h2-9H,1H3,(H,18,22). The SMILES string of the molecule is CS(=O)(=O)c1ccc(NC(=O)c2cc(Br)ccc2-n2cnnn2)cc1. The number of carbonyl (C=O) groups excluding carboxylic acids is 1. The molecule has 0 unspecified atom stereocenters. The molecular weight excluding hydrogens is 410 g/mol. The first-order valence-corrected chi connectivity index (χ1v) is 9.67. The van der Waals surface area contributed by atoms with E-state index in [0.717, 1.165) is 10.7 Å². The molecule has 128 valence electrons. The molecule has 2 aromatic carbocycles. The summed E-state index contributed by atoms with van der Waals surface area (Å²) >= 11 is 3.34. The molecule has 0 bridgehead atoms. The van der Waals surface area contributed by atoms with Gasteiger partial charge in [0.15, 0.2) is 9.84 Å². The lowest BCUT2D eigenvalue weighted by Gasteiger charge is -2.10. The van der Waals surface area contributed by atoms with E-state index >= 15 is 0 Å². The number of halogens is 1. The third-order valence-corrected chi connectivity index (χ3v) is 4.96. The Morgan fingerprint density at radius 2 is 1.88 bits per heavy atom. The van der Waals surface area contributed by atoms with Gasteiger partial charge in [-0.3, -0.25) is 4.79 Å². The quantitative estimate of drug-likeness (QED) is 0.690. The first kappa shape index (κ1) is 17.2. The predicted molar refractivity (Wildman–Crippen MR) is 94.4 cm³/mol. The number of hydrogen-bond acceptors (Lipinski definition) is 6. The fraction of sp³-hybridized carbons (Fsp3) is 0.0667. The van der Waals surface area contributed by atoms with Crippen LogP contribution in [0.3, 0.4) is 0 Å². The molecular formula is C15H12BrN5O3S. The van der Waals surface area contributed by atoms with Gasteiger partial charge in [0.05, 0.1) is 16.1 Å². The van der Waals surface area contributed by atoms with Gasteiger partial charge < -0.3 is 5.32 Å². The van der Waals surface area contributed by atoms with E-state index in [2.05, 4.69) is 36.8 Å². The van der Waals surface area contributed by atoms with Crippen LogP contribution < -0.4 is 5.32 Å². The molecule has 10 heteroatoms. The van der Waals surface area contributed by atoms with E-state index in [1.54, 1.807) is 18.2 Å². The Kier molecular flexibility index (Phi) is 4.64. The number of carbonyl (C=O) groups is 1.